The van der Waals surface area contributed by atoms with E-state index < -0.39 is 15.4 Å². The highest BCUT2D eigenvalue weighted by atomic mass is 32.2. The van der Waals surface area contributed by atoms with Crippen molar-refractivity contribution in [3.05, 3.63) is 35.9 Å². The predicted molar refractivity (Wildman–Crippen MR) is 87.1 cm³/mol. The molecule has 2 saturated heterocycles. The second kappa shape index (κ2) is 5.05. The first-order valence-electron chi connectivity index (χ1n) is 8.28. The minimum atomic E-state index is -3.13. The zero-order valence-corrected chi connectivity index (χ0v) is 14.1. The summed E-state index contributed by atoms with van der Waals surface area (Å²) >= 11 is 0. The van der Waals surface area contributed by atoms with Crippen LogP contribution in [0.15, 0.2) is 30.3 Å². The van der Waals surface area contributed by atoms with Gasteiger partial charge in [0.05, 0.1) is 16.7 Å². The minimum Gasteiger partial charge on any atom is -0.337 e. The summed E-state index contributed by atoms with van der Waals surface area (Å²) in [6.45, 7) is 0.948. The zero-order chi connectivity index (χ0) is 16.2. The van der Waals surface area contributed by atoms with Crippen molar-refractivity contribution in [1.29, 1.82) is 0 Å². The summed E-state index contributed by atoms with van der Waals surface area (Å²) in [5, 5.41) is -0.166. The van der Waals surface area contributed by atoms with Crippen molar-refractivity contribution >= 4 is 15.9 Å². The molecule has 1 aromatic rings. The van der Waals surface area contributed by atoms with Crippen LogP contribution in [0.4, 0.5) is 0 Å². The third-order valence-electron chi connectivity index (χ3n) is 5.69. The molecule has 0 aromatic heterocycles. The fraction of sp³-hybridized carbons (Fsp3) is 0.588. The fourth-order valence-corrected chi connectivity index (χ4v) is 6.12. The van der Waals surface area contributed by atoms with Crippen LogP contribution in [0.1, 0.15) is 37.3 Å². The second-order valence-electron chi connectivity index (χ2n) is 7.03. The van der Waals surface area contributed by atoms with E-state index in [4.69, 9.17) is 0 Å². The van der Waals surface area contributed by atoms with E-state index in [9.17, 15) is 13.2 Å². The second-order valence-corrected chi connectivity index (χ2v) is 9.24. The van der Waals surface area contributed by atoms with Crippen LogP contribution in [-0.4, -0.2) is 48.9 Å². The number of benzene rings is 1. The molecule has 3 fully saturated rings. The number of sulfonamides is 1. The highest BCUT2D eigenvalue weighted by Crippen LogP contribution is 2.55. The highest BCUT2D eigenvalue weighted by molar-refractivity contribution is 7.90. The lowest BCUT2D eigenvalue weighted by Crippen LogP contribution is -2.65. The fourth-order valence-electron chi connectivity index (χ4n) is 4.27. The topological polar surface area (TPSA) is 57.7 Å². The molecule has 1 aliphatic carbocycles. The standard InChI is InChI=1S/C17H22N2O3S/c1-18-15(13-5-3-2-4-6-13)17(16(18)20)9-11-19(12-10-17)23(21,22)14-7-8-14/h2-6,14-15H,7-12H2,1H3/t15-/m1/s1. The molecule has 0 N–H and O–H groups in total. The van der Waals surface area contributed by atoms with Gasteiger partial charge in [0, 0.05) is 20.1 Å². The van der Waals surface area contributed by atoms with Gasteiger partial charge in [-0.05, 0) is 31.2 Å². The maximum Gasteiger partial charge on any atom is 0.231 e. The molecule has 1 spiro atoms. The van der Waals surface area contributed by atoms with Gasteiger partial charge in [-0.25, -0.2) is 12.7 Å². The molecule has 1 atom stereocenters. The Kier molecular flexibility index (Phi) is 3.32. The molecular formula is C17H22N2O3S. The van der Waals surface area contributed by atoms with Crippen molar-refractivity contribution in [3.63, 3.8) is 0 Å². The molecular weight excluding hydrogens is 312 g/mol. The Morgan fingerprint density at radius 1 is 1.09 bits per heavy atom. The van der Waals surface area contributed by atoms with E-state index in [0.29, 0.717) is 25.9 Å². The van der Waals surface area contributed by atoms with E-state index in [1.165, 1.54) is 0 Å². The van der Waals surface area contributed by atoms with Crippen molar-refractivity contribution in [1.82, 2.24) is 9.21 Å². The summed E-state index contributed by atoms with van der Waals surface area (Å²) < 4.78 is 26.4. The Labute approximate surface area is 137 Å². The molecule has 124 valence electrons. The summed E-state index contributed by atoms with van der Waals surface area (Å²) in [5.74, 6) is 0.162. The summed E-state index contributed by atoms with van der Waals surface area (Å²) in [6, 6.07) is 10.1. The Hall–Kier alpha value is -1.40. The number of piperidine rings is 1. The molecule has 2 aliphatic heterocycles. The molecule has 4 rings (SSSR count). The van der Waals surface area contributed by atoms with Crippen LogP contribution < -0.4 is 0 Å². The molecule has 0 radical (unpaired) electrons. The zero-order valence-electron chi connectivity index (χ0n) is 13.3. The SMILES string of the molecule is CN1C(=O)C2(CCN(S(=O)(=O)C3CC3)CC2)[C@H]1c1ccccc1. The molecule has 2 heterocycles. The van der Waals surface area contributed by atoms with E-state index in [0.717, 1.165) is 18.4 Å². The summed E-state index contributed by atoms with van der Waals surface area (Å²) in [5.41, 5.74) is 0.735. The third-order valence-corrected chi connectivity index (χ3v) is 8.09. The van der Waals surface area contributed by atoms with Crippen LogP contribution in [0.5, 0.6) is 0 Å². The Morgan fingerprint density at radius 3 is 2.26 bits per heavy atom. The average molecular weight is 334 g/mol. The molecule has 3 aliphatic rings. The van der Waals surface area contributed by atoms with Gasteiger partial charge in [-0.2, -0.15) is 0 Å². The van der Waals surface area contributed by atoms with E-state index in [1.54, 1.807) is 9.21 Å². The molecule has 1 amide bonds. The van der Waals surface area contributed by atoms with Gasteiger partial charge in [0.2, 0.25) is 15.9 Å². The molecule has 6 heteroatoms. The van der Waals surface area contributed by atoms with Crippen molar-refractivity contribution in [2.75, 3.05) is 20.1 Å². The Bertz CT molecular complexity index is 719. The molecule has 0 unspecified atom stereocenters. The molecule has 1 aromatic carbocycles. The number of carbonyl (C=O) groups excluding carboxylic acids is 1. The maximum absolute atomic E-state index is 12.6. The molecule has 23 heavy (non-hydrogen) atoms. The van der Waals surface area contributed by atoms with Crippen LogP contribution >= 0.6 is 0 Å². The van der Waals surface area contributed by atoms with Crippen LogP contribution in [-0.2, 0) is 14.8 Å². The average Bonchev–Trinajstić information content (AvgIpc) is 3.41. The number of nitrogens with zero attached hydrogens (tertiary/aromatic N) is 2. The van der Waals surface area contributed by atoms with Gasteiger partial charge < -0.3 is 4.90 Å². The van der Waals surface area contributed by atoms with E-state index in [2.05, 4.69) is 12.1 Å². The largest absolute Gasteiger partial charge is 0.337 e. The lowest BCUT2D eigenvalue weighted by molar-refractivity contribution is -0.175. The van der Waals surface area contributed by atoms with Gasteiger partial charge in [-0.1, -0.05) is 30.3 Å². The van der Waals surface area contributed by atoms with Gasteiger partial charge in [-0.15, -0.1) is 0 Å². The van der Waals surface area contributed by atoms with Crippen LogP contribution in [0.2, 0.25) is 0 Å². The number of hydrogen-bond acceptors (Lipinski definition) is 3. The predicted octanol–water partition coefficient (Wildman–Crippen LogP) is 1.77. The van der Waals surface area contributed by atoms with Crippen molar-refractivity contribution in [2.24, 2.45) is 5.41 Å². The van der Waals surface area contributed by atoms with Crippen LogP contribution in [0.25, 0.3) is 0 Å². The van der Waals surface area contributed by atoms with E-state index >= 15 is 0 Å². The minimum absolute atomic E-state index is 0.0713. The summed E-state index contributed by atoms with van der Waals surface area (Å²) in [7, 11) is -1.28. The monoisotopic (exact) mass is 334 g/mol. The molecule has 5 nitrogen and oxygen atoms in total. The number of β-lactam (4-membered cyclic amide) rings is 1. The van der Waals surface area contributed by atoms with Crippen LogP contribution in [0.3, 0.4) is 0 Å². The number of hydrogen-bond donors (Lipinski definition) is 0. The van der Waals surface area contributed by atoms with Crippen LogP contribution in [0, 0.1) is 5.41 Å². The van der Waals surface area contributed by atoms with Gasteiger partial charge in [0.15, 0.2) is 0 Å². The number of rotatable bonds is 3. The lowest BCUT2D eigenvalue weighted by atomic mass is 9.63. The Morgan fingerprint density at radius 2 is 1.70 bits per heavy atom. The van der Waals surface area contributed by atoms with Gasteiger partial charge >= 0.3 is 0 Å². The maximum atomic E-state index is 12.6. The lowest BCUT2D eigenvalue weighted by Gasteiger charge is -2.57. The summed E-state index contributed by atoms with van der Waals surface area (Å²) in [4.78, 5) is 14.4. The smallest absolute Gasteiger partial charge is 0.231 e. The van der Waals surface area contributed by atoms with E-state index in [1.807, 2.05) is 25.2 Å². The van der Waals surface area contributed by atoms with Crippen molar-refractivity contribution in [2.45, 2.75) is 37.0 Å². The van der Waals surface area contributed by atoms with Gasteiger partial charge in [-0.3, -0.25) is 4.79 Å². The number of carbonyl (C=O) groups is 1. The highest BCUT2D eigenvalue weighted by Gasteiger charge is 2.61. The third kappa shape index (κ3) is 2.15. The molecule has 0 bridgehead atoms. The van der Waals surface area contributed by atoms with Crippen molar-refractivity contribution in [3.8, 4) is 0 Å². The quantitative estimate of drug-likeness (QED) is 0.792. The first-order valence-corrected chi connectivity index (χ1v) is 9.78. The first-order chi connectivity index (χ1) is 11.0. The Balaban J connectivity index is 1.56. The van der Waals surface area contributed by atoms with Crippen molar-refractivity contribution < 1.29 is 13.2 Å². The molecule has 1 saturated carbocycles. The first kappa shape index (κ1) is 15.1. The number of likely N-dealkylation sites (tertiary alicyclic amines) is 1. The number of amides is 1. The van der Waals surface area contributed by atoms with Gasteiger partial charge in [0.1, 0.15) is 0 Å². The summed E-state index contributed by atoms with van der Waals surface area (Å²) in [6.07, 6.45) is 2.83. The van der Waals surface area contributed by atoms with Gasteiger partial charge in [0.25, 0.3) is 0 Å². The normalized spacial score (nSPS) is 28.0. The van der Waals surface area contributed by atoms with E-state index in [-0.39, 0.29) is 17.2 Å².